The predicted molar refractivity (Wildman–Crippen MR) is 85.9 cm³/mol. The van der Waals surface area contributed by atoms with Gasteiger partial charge in [0.1, 0.15) is 6.04 Å². The minimum Gasteiger partial charge on any atom is -0.322 e. The highest BCUT2D eigenvalue weighted by molar-refractivity contribution is 6.05. The van der Waals surface area contributed by atoms with Gasteiger partial charge in [-0.2, -0.15) is 0 Å². The molecule has 1 atom stereocenters. The molecule has 1 saturated heterocycles. The summed E-state index contributed by atoms with van der Waals surface area (Å²) in [4.78, 5) is 37.6. The van der Waals surface area contributed by atoms with Crippen molar-refractivity contribution >= 4 is 17.7 Å². The second-order valence-corrected chi connectivity index (χ2v) is 7.47. The zero-order valence-corrected chi connectivity index (χ0v) is 14.0. The van der Waals surface area contributed by atoms with Crippen molar-refractivity contribution < 1.29 is 14.4 Å². The van der Waals surface area contributed by atoms with E-state index >= 15 is 0 Å². The highest BCUT2D eigenvalue weighted by Crippen LogP contribution is 2.33. The molecule has 5 nitrogen and oxygen atoms in total. The van der Waals surface area contributed by atoms with Crippen molar-refractivity contribution in [3.63, 3.8) is 0 Å². The van der Waals surface area contributed by atoms with E-state index in [0.29, 0.717) is 18.5 Å². The molecule has 0 saturated carbocycles. The van der Waals surface area contributed by atoms with E-state index in [1.54, 1.807) is 4.90 Å². The molecule has 23 heavy (non-hydrogen) atoms. The van der Waals surface area contributed by atoms with Crippen molar-refractivity contribution in [1.29, 1.82) is 0 Å². The lowest BCUT2D eigenvalue weighted by molar-refractivity contribution is -0.136. The molecule has 3 amide bonds. The number of benzene rings is 1. The summed E-state index contributed by atoms with van der Waals surface area (Å²) in [6.07, 6.45) is 0.679. The number of carbonyl (C=O) groups excluding carboxylic acids is 3. The molecule has 0 spiro atoms. The van der Waals surface area contributed by atoms with Crippen molar-refractivity contribution in [2.45, 2.75) is 58.5 Å². The van der Waals surface area contributed by atoms with E-state index < -0.39 is 6.04 Å². The molecule has 0 radical (unpaired) electrons. The highest BCUT2D eigenvalue weighted by atomic mass is 16.2. The van der Waals surface area contributed by atoms with Crippen LogP contribution in [-0.4, -0.2) is 28.7 Å². The standard InChI is InChI=1S/C18H22N2O3/c1-10-7-12-11(8-13(10)18(2,3)4)9-20(17(12)23)14-5-6-15(21)19-16(14)22/h7-8,14H,5-6,9H2,1-4H3,(H,19,21,22). The number of rotatable bonds is 1. The number of carbonyl (C=O) groups is 3. The van der Waals surface area contributed by atoms with Gasteiger partial charge < -0.3 is 4.90 Å². The summed E-state index contributed by atoms with van der Waals surface area (Å²) in [5.41, 5.74) is 3.96. The Morgan fingerprint density at radius 3 is 2.48 bits per heavy atom. The largest absolute Gasteiger partial charge is 0.322 e. The Labute approximate surface area is 136 Å². The minimum absolute atomic E-state index is 0.00418. The average Bonchev–Trinajstić information content (AvgIpc) is 2.74. The maximum atomic E-state index is 12.7. The molecule has 3 rings (SSSR count). The van der Waals surface area contributed by atoms with Crippen LogP contribution in [-0.2, 0) is 21.5 Å². The zero-order valence-electron chi connectivity index (χ0n) is 14.0. The fraction of sp³-hybridized carbons (Fsp3) is 0.500. The molecule has 2 aliphatic rings. The first-order chi connectivity index (χ1) is 10.7. The van der Waals surface area contributed by atoms with Crippen LogP contribution in [0.1, 0.15) is 60.7 Å². The van der Waals surface area contributed by atoms with Crippen LogP contribution in [0.25, 0.3) is 0 Å². The molecule has 2 aliphatic heterocycles. The molecule has 1 fully saturated rings. The third-order valence-corrected chi connectivity index (χ3v) is 4.68. The van der Waals surface area contributed by atoms with Crippen molar-refractivity contribution in [2.75, 3.05) is 0 Å². The number of amides is 3. The Kier molecular flexibility index (Phi) is 3.54. The minimum atomic E-state index is -0.550. The summed E-state index contributed by atoms with van der Waals surface area (Å²) in [6.45, 7) is 8.90. The lowest BCUT2D eigenvalue weighted by atomic mass is 9.82. The van der Waals surface area contributed by atoms with E-state index in [4.69, 9.17) is 0 Å². The molecule has 122 valence electrons. The number of piperidine rings is 1. The van der Waals surface area contributed by atoms with Gasteiger partial charge in [-0.3, -0.25) is 19.7 Å². The van der Waals surface area contributed by atoms with Crippen LogP contribution in [0.4, 0.5) is 0 Å². The third kappa shape index (κ3) is 2.64. The van der Waals surface area contributed by atoms with Crippen molar-refractivity contribution in [3.8, 4) is 0 Å². The third-order valence-electron chi connectivity index (χ3n) is 4.68. The monoisotopic (exact) mass is 314 g/mol. The number of fused-ring (bicyclic) bond motifs is 1. The molecule has 0 aromatic heterocycles. The number of nitrogens with zero attached hydrogens (tertiary/aromatic N) is 1. The second kappa shape index (κ2) is 5.18. The lowest BCUT2D eigenvalue weighted by Crippen LogP contribution is -2.52. The van der Waals surface area contributed by atoms with Crippen LogP contribution in [0.2, 0.25) is 0 Å². The van der Waals surface area contributed by atoms with Crippen LogP contribution >= 0.6 is 0 Å². The summed E-state index contributed by atoms with van der Waals surface area (Å²) in [5.74, 6) is -0.741. The maximum absolute atomic E-state index is 12.7. The van der Waals surface area contributed by atoms with E-state index in [0.717, 1.165) is 11.1 Å². The smallest absolute Gasteiger partial charge is 0.255 e. The van der Waals surface area contributed by atoms with Gasteiger partial charge in [-0.15, -0.1) is 0 Å². The summed E-state index contributed by atoms with van der Waals surface area (Å²) in [5, 5.41) is 2.33. The number of imide groups is 1. The fourth-order valence-electron chi connectivity index (χ4n) is 3.53. The Morgan fingerprint density at radius 2 is 1.87 bits per heavy atom. The number of hydrogen-bond acceptors (Lipinski definition) is 3. The van der Waals surface area contributed by atoms with Crippen molar-refractivity contribution in [3.05, 3.63) is 34.4 Å². The first kappa shape index (κ1) is 15.7. The molecule has 1 aromatic carbocycles. The van der Waals surface area contributed by atoms with Gasteiger partial charge in [0.05, 0.1) is 0 Å². The Morgan fingerprint density at radius 1 is 1.17 bits per heavy atom. The van der Waals surface area contributed by atoms with Crippen LogP contribution in [0.15, 0.2) is 12.1 Å². The van der Waals surface area contributed by atoms with Gasteiger partial charge in [0.15, 0.2) is 0 Å². The molecule has 1 N–H and O–H groups in total. The number of nitrogens with one attached hydrogen (secondary N) is 1. The van der Waals surface area contributed by atoms with E-state index in [-0.39, 0.29) is 29.6 Å². The molecule has 1 aromatic rings. The predicted octanol–water partition coefficient (Wildman–Crippen LogP) is 2.05. The van der Waals surface area contributed by atoms with E-state index in [2.05, 4.69) is 32.2 Å². The van der Waals surface area contributed by atoms with Crippen LogP contribution < -0.4 is 5.32 Å². The molecular weight excluding hydrogens is 292 g/mol. The Balaban J connectivity index is 1.93. The molecule has 5 heteroatoms. The van der Waals surface area contributed by atoms with Gasteiger partial charge in [0, 0.05) is 18.5 Å². The van der Waals surface area contributed by atoms with Crippen LogP contribution in [0, 0.1) is 6.92 Å². The Bertz CT molecular complexity index is 716. The van der Waals surface area contributed by atoms with Gasteiger partial charge in [0.2, 0.25) is 11.8 Å². The first-order valence-corrected chi connectivity index (χ1v) is 7.97. The van der Waals surface area contributed by atoms with Gasteiger partial charge in [-0.25, -0.2) is 0 Å². The summed E-state index contributed by atoms with van der Waals surface area (Å²) in [7, 11) is 0. The maximum Gasteiger partial charge on any atom is 0.255 e. The summed E-state index contributed by atoms with van der Waals surface area (Å²) < 4.78 is 0. The van der Waals surface area contributed by atoms with Crippen molar-refractivity contribution in [1.82, 2.24) is 10.2 Å². The highest BCUT2D eigenvalue weighted by Gasteiger charge is 2.39. The second-order valence-electron chi connectivity index (χ2n) is 7.47. The molecule has 0 aliphatic carbocycles. The molecular formula is C18H22N2O3. The van der Waals surface area contributed by atoms with Gasteiger partial charge >= 0.3 is 0 Å². The van der Waals surface area contributed by atoms with Crippen molar-refractivity contribution in [2.24, 2.45) is 0 Å². The Hall–Kier alpha value is -2.17. The molecule has 2 heterocycles. The van der Waals surface area contributed by atoms with E-state index in [9.17, 15) is 14.4 Å². The number of aryl methyl sites for hydroxylation is 1. The topological polar surface area (TPSA) is 66.5 Å². The van der Waals surface area contributed by atoms with E-state index in [1.165, 1.54) is 5.56 Å². The SMILES string of the molecule is Cc1cc2c(cc1C(C)(C)C)CN(C1CCC(=O)NC1=O)C2=O. The fourth-order valence-corrected chi connectivity index (χ4v) is 3.53. The molecule has 1 unspecified atom stereocenters. The average molecular weight is 314 g/mol. The lowest BCUT2D eigenvalue weighted by Gasteiger charge is -2.29. The first-order valence-electron chi connectivity index (χ1n) is 7.97. The van der Waals surface area contributed by atoms with Gasteiger partial charge in [0.25, 0.3) is 5.91 Å². The summed E-state index contributed by atoms with van der Waals surface area (Å²) in [6, 6.07) is 3.48. The van der Waals surface area contributed by atoms with Crippen LogP contribution in [0.5, 0.6) is 0 Å². The number of hydrogen-bond donors (Lipinski definition) is 1. The summed E-state index contributed by atoms with van der Waals surface area (Å²) >= 11 is 0. The van der Waals surface area contributed by atoms with Gasteiger partial charge in [-0.1, -0.05) is 26.8 Å². The normalized spacial score (nSPS) is 21.5. The molecule has 0 bridgehead atoms. The quantitative estimate of drug-likeness (QED) is 0.807. The zero-order chi connectivity index (χ0) is 16.9. The van der Waals surface area contributed by atoms with E-state index in [1.807, 2.05) is 13.0 Å². The van der Waals surface area contributed by atoms with Gasteiger partial charge in [-0.05, 0) is 41.5 Å². The van der Waals surface area contributed by atoms with Crippen LogP contribution in [0.3, 0.4) is 0 Å².